The van der Waals surface area contributed by atoms with E-state index in [0.29, 0.717) is 5.15 Å². The summed E-state index contributed by atoms with van der Waals surface area (Å²) in [6.45, 7) is 0. The number of halogens is 1. The van der Waals surface area contributed by atoms with Crippen molar-refractivity contribution in [3.8, 4) is 0 Å². The Hall–Kier alpha value is -1.17. The molecule has 108 valence electrons. The summed E-state index contributed by atoms with van der Waals surface area (Å²) < 4.78 is 2.00. The van der Waals surface area contributed by atoms with E-state index in [4.69, 9.17) is 11.6 Å². The lowest BCUT2D eigenvalue weighted by molar-refractivity contribution is 0.790. The van der Waals surface area contributed by atoms with Crippen molar-refractivity contribution in [2.75, 3.05) is 6.26 Å². The number of fused-ring (bicyclic) bond motifs is 1. The molecule has 0 aliphatic heterocycles. The first-order valence-electron chi connectivity index (χ1n) is 6.40. The van der Waals surface area contributed by atoms with Crippen molar-refractivity contribution in [3.63, 3.8) is 0 Å². The summed E-state index contributed by atoms with van der Waals surface area (Å²) in [5, 5.41) is 2.67. The third-order valence-electron chi connectivity index (χ3n) is 3.18. The Balaban J connectivity index is 1.88. The number of aromatic nitrogens is 3. The van der Waals surface area contributed by atoms with Gasteiger partial charge in [-0.05, 0) is 24.5 Å². The molecule has 0 aliphatic carbocycles. The molecule has 6 heteroatoms. The van der Waals surface area contributed by atoms with Gasteiger partial charge in [-0.2, -0.15) is 0 Å². The number of nitrogens with zero attached hydrogens (tertiary/aromatic N) is 3. The molecule has 21 heavy (non-hydrogen) atoms. The van der Waals surface area contributed by atoms with Gasteiger partial charge in [-0.25, -0.2) is 9.97 Å². The highest BCUT2D eigenvalue weighted by molar-refractivity contribution is 7.98. The van der Waals surface area contributed by atoms with E-state index in [-0.39, 0.29) is 0 Å². The normalized spacial score (nSPS) is 11.2. The highest BCUT2D eigenvalue weighted by Gasteiger charge is 2.08. The second-order valence-corrected chi connectivity index (χ2v) is 6.79. The van der Waals surface area contributed by atoms with Crippen molar-refractivity contribution in [2.24, 2.45) is 7.05 Å². The zero-order valence-corrected chi connectivity index (χ0v) is 14.1. The Morgan fingerprint density at radius 1 is 1.29 bits per heavy atom. The average molecular weight is 336 g/mol. The molecular weight excluding hydrogens is 322 g/mol. The van der Waals surface area contributed by atoms with Crippen molar-refractivity contribution < 1.29 is 0 Å². The van der Waals surface area contributed by atoms with Crippen molar-refractivity contribution in [3.05, 3.63) is 47.4 Å². The third-order valence-corrected chi connectivity index (χ3v) is 5.34. The summed E-state index contributed by atoms with van der Waals surface area (Å²) >= 11 is 9.69. The topological polar surface area (TPSA) is 30.7 Å². The second kappa shape index (κ2) is 6.30. The van der Waals surface area contributed by atoms with E-state index in [1.165, 1.54) is 4.90 Å². The van der Waals surface area contributed by atoms with Gasteiger partial charge in [0.2, 0.25) is 0 Å². The molecule has 0 bridgehead atoms. The molecule has 0 fully saturated rings. The molecule has 0 N–H and O–H groups in total. The predicted octanol–water partition coefficient (Wildman–Crippen LogP) is 4.64. The van der Waals surface area contributed by atoms with Crippen LogP contribution >= 0.6 is 35.1 Å². The van der Waals surface area contributed by atoms with Gasteiger partial charge in [0.25, 0.3) is 0 Å². The fourth-order valence-corrected chi connectivity index (χ4v) is 3.66. The van der Waals surface area contributed by atoms with Gasteiger partial charge < -0.3 is 4.57 Å². The first-order valence-corrected chi connectivity index (χ1v) is 8.99. The standard InChI is InChI=1S/C15H14ClN3S2/c1-19-6-5-17-15(19)21-9-11-7-10-3-4-12(20-2)8-13(10)18-14(11)16/h3-8H,9H2,1-2H3. The fourth-order valence-electron chi connectivity index (χ4n) is 2.03. The van der Waals surface area contributed by atoms with Crippen LogP contribution in [-0.2, 0) is 12.8 Å². The molecule has 0 unspecified atom stereocenters. The van der Waals surface area contributed by atoms with Crippen LogP contribution in [0.25, 0.3) is 10.9 Å². The third kappa shape index (κ3) is 3.20. The monoisotopic (exact) mass is 335 g/mol. The maximum Gasteiger partial charge on any atom is 0.167 e. The van der Waals surface area contributed by atoms with Gasteiger partial charge in [0, 0.05) is 41.0 Å². The van der Waals surface area contributed by atoms with E-state index in [2.05, 4.69) is 40.5 Å². The molecule has 0 aliphatic rings. The van der Waals surface area contributed by atoms with E-state index in [9.17, 15) is 0 Å². The molecule has 3 aromatic rings. The van der Waals surface area contributed by atoms with Gasteiger partial charge in [0.05, 0.1) is 5.52 Å². The van der Waals surface area contributed by atoms with Crippen molar-refractivity contribution in [1.29, 1.82) is 0 Å². The summed E-state index contributed by atoms with van der Waals surface area (Å²) in [4.78, 5) is 10.0. The molecular formula is C15H14ClN3S2. The number of thioether (sulfide) groups is 2. The van der Waals surface area contributed by atoms with E-state index in [1.54, 1.807) is 29.7 Å². The molecule has 1 aromatic carbocycles. The number of aryl methyl sites for hydroxylation is 1. The minimum atomic E-state index is 0.572. The SMILES string of the molecule is CSc1ccc2cc(CSc3nccn3C)c(Cl)nc2c1. The summed E-state index contributed by atoms with van der Waals surface area (Å²) in [5.74, 6) is 0.761. The minimum absolute atomic E-state index is 0.572. The second-order valence-electron chi connectivity index (χ2n) is 4.61. The average Bonchev–Trinajstić information content (AvgIpc) is 2.90. The van der Waals surface area contributed by atoms with Gasteiger partial charge in [-0.1, -0.05) is 29.4 Å². The minimum Gasteiger partial charge on any atom is -0.329 e. The fraction of sp³-hybridized carbons (Fsp3) is 0.200. The first-order chi connectivity index (χ1) is 10.2. The smallest absolute Gasteiger partial charge is 0.167 e. The molecule has 0 saturated heterocycles. The van der Waals surface area contributed by atoms with Crippen LogP contribution in [0.3, 0.4) is 0 Å². The quantitative estimate of drug-likeness (QED) is 0.513. The maximum atomic E-state index is 6.32. The number of rotatable bonds is 4. The van der Waals surface area contributed by atoms with E-state index in [0.717, 1.165) is 27.4 Å². The van der Waals surface area contributed by atoms with E-state index in [1.807, 2.05) is 17.8 Å². The lowest BCUT2D eigenvalue weighted by atomic mass is 10.2. The number of benzene rings is 1. The van der Waals surface area contributed by atoms with Gasteiger partial charge in [-0.3, -0.25) is 0 Å². The van der Waals surface area contributed by atoms with Crippen LogP contribution in [0.4, 0.5) is 0 Å². The van der Waals surface area contributed by atoms with Crippen LogP contribution in [0, 0.1) is 0 Å². The van der Waals surface area contributed by atoms with Crippen molar-refractivity contribution >= 4 is 46.0 Å². The van der Waals surface area contributed by atoms with Crippen LogP contribution in [0.15, 0.2) is 46.7 Å². The Morgan fingerprint density at radius 2 is 2.14 bits per heavy atom. The Labute approximate surface area is 137 Å². The van der Waals surface area contributed by atoms with Crippen LogP contribution in [0.5, 0.6) is 0 Å². The molecule has 0 saturated carbocycles. The molecule has 2 heterocycles. The molecule has 2 aromatic heterocycles. The Kier molecular flexibility index (Phi) is 4.42. The summed E-state index contributed by atoms with van der Waals surface area (Å²) in [6, 6.07) is 8.39. The molecule has 0 atom stereocenters. The molecule has 3 nitrogen and oxygen atoms in total. The predicted molar refractivity (Wildman–Crippen MR) is 91.3 cm³/mol. The van der Waals surface area contributed by atoms with E-state index >= 15 is 0 Å². The number of hydrogen-bond donors (Lipinski definition) is 0. The largest absolute Gasteiger partial charge is 0.329 e. The zero-order valence-electron chi connectivity index (χ0n) is 11.7. The lowest BCUT2D eigenvalue weighted by Crippen LogP contribution is -1.92. The summed E-state index contributed by atoms with van der Waals surface area (Å²) in [6.07, 6.45) is 5.79. The van der Waals surface area contributed by atoms with Crippen molar-refractivity contribution in [2.45, 2.75) is 15.8 Å². The van der Waals surface area contributed by atoms with Crippen LogP contribution < -0.4 is 0 Å². The van der Waals surface area contributed by atoms with Crippen LogP contribution in [0.1, 0.15) is 5.56 Å². The van der Waals surface area contributed by atoms with Crippen LogP contribution in [0.2, 0.25) is 5.15 Å². The van der Waals surface area contributed by atoms with Crippen molar-refractivity contribution in [1.82, 2.24) is 14.5 Å². The molecule has 0 amide bonds. The van der Waals surface area contributed by atoms with Gasteiger partial charge in [0.1, 0.15) is 5.15 Å². The van der Waals surface area contributed by atoms with E-state index < -0.39 is 0 Å². The number of pyridine rings is 1. The maximum absolute atomic E-state index is 6.32. The zero-order chi connectivity index (χ0) is 14.8. The lowest BCUT2D eigenvalue weighted by Gasteiger charge is -2.07. The first kappa shape index (κ1) is 14.8. The summed E-state index contributed by atoms with van der Waals surface area (Å²) in [7, 11) is 1.99. The Morgan fingerprint density at radius 3 is 2.86 bits per heavy atom. The number of hydrogen-bond acceptors (Lipinski definition) is 4. The van der Waals surface area contributed by atoms with Gasteiger partial charge in [-0.15, -0.1) is 11.8 Å². The van der Waals surface area contributed by atoms with Gasteiger partial charge in [0.15, 0.2) is 5.16 Å². The number of imidazole rings is 1. The molecule has 0 radical (unpaired) electrons. The summed E-state index contributed by atoms with van der Waals surface area (Å²) in [5.41, 5.74) is 1.98. The highest BCUT2D eigenvalue weighted by Crippen LogP contribution is 2.28. The Bertz CT molecular complexity index is 786. The van der Waals surface area contributed by atoms with Gasteiger partial charge >= 0.3 is 0 Å². The molecule has 0 spiro atoms. The highest BCUT2D eigenvalue weighted by atomic mass is 35.5. The molecule has 3 rings (SSSR count). The van der Waals surface area contributed by atoms with Crippen LogP contribution in [-0.4, -0.2) is 20.8 Å².